The van der Waals surface area contributed by atoms with Crippen LogP contribution in [0.15, 0.2) is 64.7 Å². The van der Waals surface area contributed by atoms with E-state index >= 15 is 0 Å². The van der Waals surface area contributed by atoms with Crippen molar-refractivity contribution >= 4 is 33.6 Å². The first-order valence-corrected chi connectivity index (χ1v) is 7.65. The molecule has 0 amide bonds. The second kappa shape index (κ2) is 5.60. The Hall–Kier alpha value is -2.68. The van der Waals surface area contributed by atoms with Crippen molar-refractivity contribution in [3.63, 3.8) is 0 Å². The first kappa shape index (κ1) is 13.0. The van der Waals surface area contributed by atoms with Crippen LogP contribution < -0.4 is 5.43 Å². The summed E-state index contributed by atoms with van der Waals surface area (Å²) in [5, 5.41) is 9.34. The van der Waals surface area contributed by atoms with E-state index in [1.165, 1.54) is 21.5 Å². The third kappa shape index (κ3) is 2.35. The van der Waals surface area contributed by atoms with E-state index in [9.17, 15) is 0 Å². The summed E-state index contributed by atoms with van der Waals surface area (Å²) in [6.07, 6.45) is 4.04. The molecule has 0 aliphatic carbocycles. The highest BCUT2D eigenvalue weighted by Crippen LogP contribution is 2.27. The third-order valence-corrected chi connectivity index (χ3v) is 4.07. The summed E-state index contributed by atoms with van der Waals surface area (Å²) < 4.78 is 0. The van der Waals surface area contributed by atoms with Gasteiger partial charge in [0.1, 0.15) is 5.84 Å². The van der Waals surface area contributed by atoms with Crippen LogP contribution in [-0.4, -0.2) is 18.6 Å². The fourth-order valence-corrected chi connectivity index (χ4v) is 2.99. The Balaban J connectivity index is 1.83. The van der Waals surface area contributed by atoms with Crippen molar-refractivity contribution < 1.29 is 0 Å². The lowest BCUT2D eigenvalue weighted by Gasteiger charge is -2.08. The SMILES string of the molecule is C(=N\NC1=NCCC1)/c1c2ccccc2cc2ccccc12. The molecule has 1 heterocycles. The molecule has 108 valence electrons. The summed E-state index contributed by atoms with van der Waals surface area (Å²) in [5.74, 6) is 0.987. The minimum atomic E-state index is 0.912. The summed E-state index contributed by atoms with van der Waals surface area (Å²) >= 11 is 0. The predicted octanol–water partition coefficient (Wildman–Crippen LogP) is 4.11. The van der Waals surface area contributed by atoms with Crippen LogP contribution in [0.3, 0.4) is 0 Å². The number of aliphatic imine (C=N–C) groups is 1. The fraction of sp³-hybridized carbons (Fsp3) is 0.158. The quantitative estimate of drug-likeness (QED) is 0.430. The van der Waals surface area contributed by atoms with Gasteiger partial charge >= 0.3 is 0 Å². The molecule has 4 rings (SSSR count). The lowest BCUT2D eigenvalue weighted by Crippen LogP contribution is -2.14. The van der Waals surface area contributed by atoms with Crippen LogP contribution in [0.1, 0.15) is 18.4 Å². The largest absolute Gasteiger partial charge is 0.271 e. The highest BCUT2D eigenvalue weighted by Gasteiger charge is 2.06. The van der Waals surface area contributed by atoms with Crippen LogP contribution in [0.2, 0.25) is 0 Å². The molecule has 3 heteroatoms. The lowest BCUT2D eigenvalue weighted by molar-refractivity contribution is 0.937. The Kier molecular flexibility index (Phi) is 3.31. The molecule has 1 N–H and O–H groups in total. The lowest BCUT2D eigenvalue weighted by atomic mass is 9.97. The summed E-state index contributed by atoms with van der Waals surface area (Å²) in [7, 11) is 0. The Morgan fingerprint density at radius 3 is 2.27 bits per heavy atom. The molecule has 0 fully saturated rings. The molecule has 1 aliphatic rings. The topological polar surface area (TPSA) is 36.8 Å². The van der Waals surface area contributed by atoms with Gasteiger partial charge in [0.05, 0.1) is 6.21 Å². The number of nitrogens with zero attached hydrogens (tertiary/aromatic N) is 2. The Labute approximate surface area is 129 Å². The van der Waals surface area contributed by atoms with Gasteiger partial charge in [0.25, 0.3) is 0 Å². The van der Waals surface area contributed by atoms with E-state index < -0.39 is 0 Å². The molecule has 3 aromatic carbocycles. The second-order valence-electron chi connectivity index (χ2n) is 5.53. The number of hydrazone groups is 1. The summed E-state index contributed by atoms with van der Waals surface area (Å²) in [4.78, 5) is 4.38. The van der Waals surface area contributed by atoms with E-state index in [0.29, 0.717) is 0 Å². The monoisotopic (exact) mass is 287 g/mol. The van der Waals surface area contributed by atoms with Crippen molar-refractivity contribution in [1.82, 2.24) is 5.43 Å². The van der Waals surface area contributed by atoms with E-state index in [2.05, 4.69) is 70.1 Å². The number of hydrogen-bond acceptors (Lipinski definition) is 3. The predicted molar refractivity (Wildman–Crippen MR) is 93.7 cm³/mol. The van der Waals surface area contributed by atoms with Gasteiger partial charge in [0.2, 0.25) is 0 Å². The molecule has 0 saturated carbocycles. The molecule has 0 bridgehead atoms. The van der Waals surface area contributed by atoms with Crippen molar-refractivity contribution in [1.29, 1.82) is 0 Å². The third-order valence-electron chi connectivity index (χ3n) is 4.07. The molecule has 1 aliphatic heterocycles. The number of benzene rings is 3. The smallest absolute Gasteiger partial charge is 0.117 e. The highest BCUT2D eigenvalue weighted by molar-refractivity contribution is 6.13. The van der Waals surface area contributed by atoms with Gasteiger partial charge in [-0.1, -0.05) is 48.5 Å². The molecule has 0 radical (unpaired) electrons. The van der Waals surface area contributed by atoms with E-state index in [4.69, 9.17) is 0 Å². The van der Waals surface area contributed by atoms with E-state index in [0.717, 1.165) is 30.8 Å². The van der Waals surface area contributed by atoms with E-state index in [1.807, 2.05) is 6.21 Å². The van der Waals surface area contributed by atoms with Crippen LogP contribution in [0.4, 0.5) is 0 Å². The normalized spacial score (nSPS) is 14.8. The van der Waals surface area contributed by atoms with Crippen molar-refractivity contribution in [3.05, 3.63) is 60.2 Å². The Morgan fingerprint density at radius 1 is 0.955 bits per heavy atom. The van der Waals surface area contributed by atoms with Crippen LogP contribution in [0.5, 0.6) is 0 Å². The fourth-order valence-electron chi connectivity index (χ4n) is 2.99. The van der Waals surface area contributed by atoms with Gasteiger partial charge in [0.15, 0.2) is 0 Å². The van der Waals surface area contributed by atoms with Gasteiger partial charge < -0.3 is 0 Å². The summed E-state index contributed by atoms with van der Waals surface area (Å²) in [6.45, 7) is 0.912. The van der Waals surface area contributed by atoms with E-state index in [1.54, 1.807) is 0 Å². The number of rotatable bonds is 2. The van der Waals surface area contributed by atoms with Crippen LogP contribution >= 0.6 is 0 Å². The molecule has 3 aromatic rings. The summed E-state index contributed by atoms with van der Waals surface area (Å²) in [6, 6.07) is 19.1. The Morgan fingerprint density at radius 2 is 1.64 bits per heavy atom. The highest BCUT2D eigenvalue weighted by atomic mass is 15.3. The van der Waals surface area contributed by atoms with E-state index in [-0.39, 0.29) is 0 Å². The Bertz CT molecular complexity index is 839. The van der Waals surface area contributed by atoms with Gasteiger partial charge in [-0.05, 0) is 34.0 Å². The molecular formula is C19H17N3. The molecule has 0 saturated heterocycles. The number of nitrogens with one attached hydrogen (secondary N) is 1. The number of amidine groups is 1. The zero-order valence-electron chi connectivity index (χ0n) is 12.3. The molecule has 0 aromatic heterocycles. The average molecular weight is 287 g/mol. The van der Waals surface area contributed by atoms with Crippen molar-refractivity contribution in [3.8, 4) is 0 Å². The average Bonchev–Trinajstić information content (AvgIpc) is 3.07. The number of hydrogen-bond donors (Lipinski definition) is 1. The molecule has 0 spiro atoms. The zero-order valence-corrected chi connectivity index (χ0v) is 12.3. The molecule has 3 nitrogen and oxygen atoms in total. The minimum absolute atomic E-state index is 0.912. The second-order valence-corrected chi connectivity index (χ2v) is 5.53. The standard InChI is InChI=1S/C19H17N3/c1-3-8-16-14(6-1)12-15-7-2-4-9-17(15)18(16)13-21-22-19-10-5-11-20-19/h1-4,6-9,12-13H,5,10-11H2,(H,20,22)/b21-13+. The maximum absolute atomic E-state index is 4.42. The van der Waals surface area contributed by atoms with Crippen molar-refractivity contribution in [2.45, 2.75) is 12.8 Å². The van der Waals surface area contributed by atoms with Crippen LogP contribution in [-0.2, 0) is 0 Å². The zero-order chi connectivity index (χ0) is 14.8. The van der Waals surface area contributed by atoms with Gasteiger partial charge in [-0.3, -0.25) is 10.4 Å². The molecule has 0 unspecified atom stereocenters. The molecule has 22 heavy (non-hydrogen) atoms. The van der Waals surface area contributed by atoms with Crippen LogP contribution in [0, 0.1) is 0 Å². The molecule has 0 atom stereocenters. The van der Waals surface area contributed by atoms with Gasteiger partial charge in [-0.25, -0.2) is 0 Å². The van der Waals surface area contributed by atoms with Crippen molar-refractivity contribution in [2.75, 3.05) is 6.54 Å². The number of fused-ring (bicyclic) bond motifs is 2. The summed E-state index contributed by atoms with van der Waals surface area (Å²) in [5.41, 5.74) is 4.23. The van der Waals surface area contributed by atoms with Crippen LogP contribution in [0.25, 0.3) is 21.5 Å². The maximum atomic E-state index is 4.42. The van der Waals surface area contributed by atoms with Crippen molar-refractivity contribution in [2.24, 2.45) is 10.1 Å². The maximum Gasteiger partial charge on any atom is 0.117 e. The van der Waals surface area contributed by atoms with Gasteiger partial charge in [-0.2, -0.15) is 5.10 Å². The molecular weight excluding hydrogens is 270 g/mol. The van der Waals surface area contributed by atoms with Gasteiger partial charge in [-0.15, -0.1) is 0 Å². The first-order chi connectivity index (χ1) is 10.9. The first-order valence-electron chi connectivity index (χ1n) is 7.65. The minimum Gasteiger partial charge on any atom is -0.271 e. The van der Waals surface area contributed by atoms with Gasteiger partial charge in [0, 0.05) is 18.5 Å².